The van der Waals surface area contributed by atoms with Crippen LogP contribution in [0.1, 0.15) is 11.1 Å². The number of anilines is 1. The van der Waals surface area contributed by atoms with Crippen molar-refractivity contribution in [3.05, 3.63) is 29.3 Å². The second-order valence-electron chi connectivity index (χ2n) is 3.79. The van der Waals surface area contributed by atoms with E-state index in [0.717, 1.165) is 32.7 Å². The second kappa shape index (κ2) is 5.14. The van der Waals surface area contributed by atoms with E-state index < -0.39 is 0 Å². The molecule has 0 radical (unpaired) electrons. The van der Waals surface area contributed by atoms with E-state index in [9.17, 15) is 0 Å². The highest BCUT2D eigenvalue weighted by molar-refractivity contribution is 5.55. The number of nitrogens with one attached hydrogen (secondary N) is 2. The molecular formula is C12H18N2O. The largest absolute Gasteiger partial charge is 0.383 e. The Bertz CT molecular complexity index is 325. The highest BCUT2D eigenvalue weighted by Gasteiger charge is 2.11. The predicted octanol–water partition coefficient (Wildman–Crippen LogP) is 1.39. The molecule has 3 nitrogen and oxygen atoms in total. The molecule has 0 aliphatic carbocycles. The van der Waals surface area contributed by atoms with E-state index in [1.165, 1.54) is 16.8 Å². The molecule has 0 unspecified atom stereocenters. The first kappa shape index (κ1) is 10.5. The van der Waals surface area contributed by atoms with Crippen molar-refractivity contribution < 1.29 is 4.74 Å². The van der Waals surface area contributed by atoms with Gasteiger partial charge in [-0.3, -0.25) is 0 Å². The van der Waals surface area contributed by atoms with E-state index in [2.05, 4.69) is 28.8 Å². The molecule has 2 rings (SSSR count). The van der Waals surface area contributed by atoms with Crippen molar-refractivity contribution in [2.24, 2.45) is 0 Å². The number of methoxy groups -OCH3 is 1. The van der Waals surface area contributed by atoms with Gasteiger partial charge in [0.2, 0.25) is 0 Å². The maximum atomic E-state index is 5.03. The Morgan fingerprint density at radius 3 is 3.27 bits per heavy atom. The summed E-state index contributed by atoms with van der Waals surface area (Å²) in [5, 5.41) is 6.81. The molecular weight excluding hydrogens is 188 g/mol. The average molecular weight is 206 g/mol. The second-order valence-corrected chi connectivity index (χ2v) is 3.79. The molecule has 0 saturated carbocycles. The van der Waals surface area contributed by atoms with Crippen molar-refractivity contribution in [2.75, 3.05) is 32.1 Å². The van der Waals surface area contributed by atoms with Crippen LogP contribution in [-0.2, 0) is 17.7 Å². The number of benzene rings is 1. The lowest BCUT2D eigenvalue weighted by Gasteiger charge is -2.21. The summed E-state index contributed by atoms with van der Waals surface area (Å²) in [5.41, 5.74) is 4.13. The summed E-state index contributed by atoms with van der Waals surface area (Å²) in [6.45, 7) is 3.68. The Labute approximate surface area is 90.8 Å². The molecule has 1 aromatic rings. The minimum absolute atomic E-state index is 0.747. The topological polar surface area (TPSA) is 33.3 Å². The molecule has 1 heterocycles. The van der Waals surface area contributed by atoms with Crippen LogP contribution in [0.25, 0.3) is 0 Å². The molecule has 0 amide bonds. The third kappa shape index (κ3) is 2.49. The van der Waals surface area contributed by atoms with Crippen LogP contribution in [0.2, 0.25) is 0 Å². The van der Waals surface area contributed by atoms with Gasteiger partial charge in [0.15, 0.2) is 0 Å². The molecule has 0 spiro atoms. The van der Waals surface area contributed by atoms with Gasteiger partial charge in [-0.1, -0.05) is 12.1 Å². The lowest BCUT2D eigenvalue weighted by Crippen LogP contribution is -2.25. The van der Waals surface area contributed by atoms with Gasteiger partial charge in [-0.25, -0.2) is 0 Å². The monoisotopic (exact) mass is 206 g/mol. The zero-order valence-electron chi connectivity index (χ0n) is 9.18. The molecule has 3 heteroatoms. The number of ether oxygens (including phenoxy) is 1. The summed E-state index contributed by atoms with van der Waals surface area (Å²) < 4.78 is 5.03. The van der Waals surface area contributed by atoms with Gasteiger partial charge >= 0.3 is 0 Å². The van der Waals surface area contributed by atoms with Crippen LogP contribution in [0.3, 0.4) is 0 Å². The molecule has 2 N–H and O–H groups in total. The summed E-state index contributed by atoms with van der Waals surface area (Å²) in [4.78, 5) is 0. The Morgan fingerprint density at radius 1 is 1.47 bits per heavy atom. The predicted molar refractivity (Wildman–Crippen MR) is 62.2 cm³/mol. The van der Waals surface area contributed by atoms with Gasteiger partial charge in [-0.2, -0.15) is 0 Å². The molecule has 0 aromatic heterocycles. The van der Waals surface area contributed by atoms with Crippen LogP contribution in [0.5, 0.6) is 0 Å². The fraction of sp³-hybridized carbons (Fsp3) is 0.500. The van der Waals surface area contributed by atoms with Crippen LogP contribution in [0.15, 0.2) is 18.2 Å². The molecule has 15 heavy (non-hydrogen) atoms. The number of hydrogen-bond acceptors (Lipinski definition) is 3. The van der Waals surface area contributed by atoms with Crippen molar-refractivity contribution in [1.29, 1.82) is 0 Å². The van der Waals surface area contributed by atoms with E-state index >= 15 is 0 Å². The Balaban J connectivity index is 2.09. The van der Waals surface area contributed by atoms with Crippen LogP contribution >= 0.6 is 0 Å². The van der Waals surface area contributed by atoms with Crippen molar-refractivity contribution in [3.8, 4) is 0 Å². The van der Waals surface area contributed by atoms with Crippen molar-refractivity contribution in [3.63, 3.8) is 0 Å². The number of fused-ring (bicyclic) bond motifs is 1. The molecule has 1 aliphatic rings. The summed E-state index contributed by atoms with van der Waals surface area (Å²) in [6.07, 6.45) is 1.13. The van der Waals surface area contributed by atoms with Gasteiger partial charge in [0.25, 0.3) is 0 Å². The molecule has 0 fully saturated rings. The Hall–Kier alpha value is -1.06. The maximum absolute atomic E-state index is 5.03. The number of rotatable bonds is 4. The van der Waals surface area contributed by atoms with Gasteiger partial charge < -0.3 is 15.4 Å². The minimum Gasteiger partial charge on any atom is -0.383 e. The quantitative estimate of drug-likeness (QED) is 0.730. The van der Waals surface area contributed by atoms with E-state index in [1.54, 1.807) is 7.11 Å². The van der Waals surface area contributed by atoms with Gasteiger partial charge in [0, 0.05) is 25.9 Å². The lowest BCUT2D eigenvalue weighted by molar-refractivity contribution is 0.210. The smallest absolute Gasteiger partial charge is 0.0635 e. The SMILES string of the molecule is COCCNc1cccc2c1CNCC2. The lowest BCUT2D eigenvalue weighted by atomic mass is 9.99. The molecule has 1 aliphatic heterocycles. The highest BCUT2D eigenvalue weighted by Crippen LogP contribution is 2.22. The van der Waals surface area contributed by atoms with Gasteiger partial charge in [0.05, 0.1) is 6.61 Å². The minimum atomic E-state index is 0.747. The third-order valence-corrected chi connectivity index (χ3v) is 2.77. The summed E-state index contributed by atoms with van der Waals surface area (Å²) in [6, 6.07) is 6.48. The van der Waals surface area contributed by atoms with Crippen LogP contribution in [-0.4, -0.2) is 26.8 Å². The van der Waals surface area contributed by atoms with Crippen LogP contribution < -0.4 is 10.6 Å². The third-order valence-electron chi connectivity index (χ3n) is 2.77. The first-order valence-corrected chi connectivity index (χ1v) is 5.46. The normalized spacial score (nSPS) is 14.7. The molecule has 0 bridgehead atoms. The van der Waals surface area contributed by atoms with Crippen LogP contribution in [0, 0.1) is 0 Å². The zero-order valence-corrected chi connectivity index (χ0v) is 9.18. The first-order chi connectivity index (χ1) is 7.42. The Kier molecular flexibility index (Phi) is 3.59. The summed E-state index contributed by atoms with van der Waals surface area (Å²) >= 11 is 0. The average Bonchev–Trinajstić information content (AvgIpc) is 2.30. The van der Waals surface area contributed by atoms with E-state index in [-0.39, 0.29) is 0 Å². The van der Waals surface area contributed by atoms with Crippen LogP contribution in [0.4, 0.5) is 5.69 Å². The highest BCUT2D eigenvalue weighted by atomic mass is 16.5. The van der Waals surface area contributed by atoms with E-state index in [1.807, 2.05) is 0 Å². The summed E-state index contributed by atoms with van der Waals surface area (Å²) in [7, 11) is 1.73. The van der Waals surface area contributed by atoms with E-state index in [0.29, 0.717) is 0 Å². The van der Waals surface area contributed by atoms with Gasteiger partial charge in [-0.05, 0) is 30.2 Å². The standard InChI is InChI=1S/C12H18N2O/c1-15-8-7-14-12-4-2-3-10-5-6-13-9-11(10)12/h2-4,13-14H,5-9H2,1H3. The van der Waals surface area contributed by atoms with Gasteiger partial charge in [-0.15, -0.1) is 0 Å². The van der Waals surface area contributed by atoms with Crippen molar-refractivity contribution in [1.82, 2.24) is 5.32 Å². The zero-order chi connectivity index (χ0) is 10.5. The summed E-state index contributed by atoms with van der Waals surface area (Å²) in [5.74, 6) is 0. The molecule has 82 valence electrons. The fourth-order valence-corrected chi connectivity index (χ4v) is 1.97. The fourth-order valence-electron chi connectivity index (χ4n) is 1.97. The molecule has 0 saturated heterocycles. The molecule has 0 atom stereocenters. The molecule has 1 aromatic carbocycles. The first-order valence-electron chi connectivity index (χ1n) is 5.46. The number of hydrogen-bond donors (Lipinski definition) is 2. The van der Waals surface area contributed by atoms with Gasteiger partial charge in [0.1, 0.15) is 0 Å². The Morgan fingerprint density at radius 2 is 2.40 bits per heavy atom. The van der Waals surface area contributed by atoms with E-state index in [4.69, 9.17) is 4.74 Å². The van der Waals surface area contributed by atoms with Crippen molar-refractivity contribution in [2.45, 2.75) is 13.0 Å². The van der Waals surface area contributed by atoms with Crippen molar-refractivity contribution >= 4 is 5.69 Å². The maximum Gasteiger partial charge on any atom is 0.0635 e.